The molecule has 3 aliphatic heterocycles. The molecule has 3 atom stereocenters. The number of ether oxygens (including phenoxy) is 1. The van der Waals surface area contributed by atoms with E-state index in [0.717, 1.165) is 29.1 Å². The first-order valence-electron chi connectivity index (χ1n) is 12.1. The largest absolute Gasteiger partial charge is 0.453 e. The standard InChI is InChI=1S/C27H32ClN3O3S/c1-16(2)17(3)24(32)10-19-13-35-27(12-22(19)27)29-18(4)31-15-26(8-9-30(14-26)25(33)34-5)21-11-20(28)6-7-23(21)31/h6-7,11-13,16-17,29H,4,8-10,14-15H2,1-3,5H3. The number of benzene rings is 1. The maximum atomic E-state index is 12.7. The second-order valence-corrected chi connectivity index (χ2v) is 12.0. The van der Waals surface area contributed by atoms with Crippen LogP contribution in [0, 0.1) is 11.8 Å². The van der Waals surface area contributed by atoms with E-state index < -0.39 is 0 Å². The number of anilines is 1. The summed E-state index contributed by atoms with van der Waals surface area (Å²) in [5, 5.41) is 6.44. The fourth-order valence-corrected chi connectivity index (χ4v) is 6.82. The Balaban J connectivity index is 1.30. The van der Waals surface area contributed by atoms with Crippen LogP contribution in [0.25, 0.3) is 0 Å². The van der Waals surface area contributed by atoms with Gasteiger partial charge in [-0.2, -0.15) is 0 Å². The van der Waals surface area contributed by atoms with Crippen molar-refractivity contribution in [2.24, 2.45) is 11.8 Å². The molecule has 1 aliphatic carbocycles. The fourth-order valence-electron chi connectivity index (χ4n) is 5.48. The second kappa shape index (κ2) is 8.63. The summed E-state index contributed by atoms with van der Waals surface area (Å²) in [4.78, 5) is 28.5. The van der Waals surface area contributed by atoms with Crippen molar-refractivity contribution in [3.63, 3.8) is 0 Å². The summed E-state index contributed by atoms with van der Waals surface area (Å²) in [6, 6.07) is 5.96. The number of fused-ring (bicyclic) bond motifs is 3. The molecule has 1 aromatic rings. The maximum absolute atomic E-state index is 12.7. The molecule has 1 spiro atoms. The maximum Gasteiger partial charge on any atom is 0.409 e. The highest BCUT2D eigenvalue weighted by Gasteiger charge is 2.53. The van der Waals surface area contributed by atoms with Gasteiger partial charge in [0.05, 0.1) is 12.9 Å². The Hall–Kier alpha value is -2.38. The zero-order chi connectivity index (χ0) is 25.1. The number of halogens is 1. The van der Waals surface area contributed by atoms with Crippen molar-refractivity contribution in [2.75, 3.05) is 31.6 Å². The molecule has 3 heterocycles. The fraction of sp³-hybridized carbons (Fsp3) is 0.481. The minimum absolute atomic E-state index is 0.0539. The lowest BCUT2D eigenvalue weighted by atomic mass is 9.81. The van der Waals surface area contributed by atoms with E-state index in [2.05, 4.69) is 42.1 Å². The van der Waals surface area contributed by atoms with Crippen molar-refractivity contribution in [3.05, 3.63) is 63.8 Å². The van der Waals surface area contributed by atoms with Gasteiger partial charge in [0.15, 0.2) is 0 Å². The smallest absolute Gasteiger partial charge is 0.409 e. The topological polar surface area (TPSA) is 61.9 Å². The Morgan fingerprint density at radius 3 is 2.74 bits per heavy atom. The normalized spacial score (nSPS) is 26.9. The van der Waals surface area contributed by atoms with Gasteiger partial charge in [-0.25, -0.2) is 4.79 Å². The number of hydrogen-bond donors (Lipinski definition) is 1. The summed E-state index contributed by atoms with van der Waals surface area (Å²) >= 11 is 8.09. The van der Waals surface area contributed by atoms with Crippen LogP contribution in [0.1, 0.15) is 39.2 Å². The van der Waals surface area contributed by atoms with Crippen LogP contribution < -0.4 is 10.2 Å². The van der Waals surface area contributed by atoms with E-state index in [0.29, 0.717) is 37.0 Å². The van der Waals surface area contributed by atoms with Gasteiger partial charge in [-0.3, -0.25) is 4.79 Å². The average molecular weight is 514 g/mol. The highest BCUT2D eigenvalue weighted by molar-refractivity contribution is 8.04. The molecule has 0 aromatic heterocycles. The number of methoxy groups -OCH3 is 1. The van der Waals surface area contributed by atoms with Gasteiger partial charge < -0.3 is 19.9 Å². The number of carbonyl (C=O) groups is 2. The van der Waals surface area contributed by atoms with Crippen LogP contribution in [0.2, 0.25) is 5.02 Å². The zero-order valence-corrected chi connectivity index (χ0v) is 22.3. The van der Waals surface area contributed by atoms with Crippen LogP contribution in [0.5, 0.6) is 0 Å². The quantitative estimate of drug-likeness (QED) is 0.523. The number of nitrogens with zero attached hydrogens (tertiary/aromatic N) is 2. The molecule has 6 nitrogen and oxygen atoms in total. The van der Waals surface area contributed by atoms with Crippen molar-refractivity contribution in [3.8, 4) is 0 Å². The van der Waals surface area contributed by atoms with Gasteiger partial charge in [0.2, 0.25) is 0 Å². The van der Waals surface area contributed by atoms with Crippen molar-refractivity contribution in [1.29, 1.82) is 0 Å². The minimum Gasteiger partial charge on any atom is -0.453 e. The number of hydrogen-bond acceptors (Lipinski definition) is 6. The van der Waals surface area contributed by atoms with Crippen LogP contribution >= 0.6 is 23.4 Å². The molecule has 186 valence electrons. The molecule has 35 heavy (non-hydrogen) atoms. The lowest BCUT2D eigenvalue weighted by Gasteiger charge is -2.29. The first-order chi connectivity index (χ1) is 16.6. The van der Waals surface area contributed by atoms with Gasteiger partial charge in [0.25, 0.3) is 0 Å². The summed E-state index contributed by atoms with van der Waals surface area (Å²) < 4.78 is 4.97. The van der Waals surface area contributed by atoms with E-state index in [1.807, 2.05) is 25.1 Å². The third-order valence-electron chi connectivity index (χ3n) is 7.99. The molecule has 1 amide bonds. The minimum atomic E-state index is -0.316. The predicted molar refractivity (Wildman–Crippen MR) is 141 cm³/mol. The Kier molecular flexibility index (Phi) is 5.99. The van der Waals surface area contributed by atoms with Gasteiger partial charge in [-0.1, -0.05) is 50.7 Å². The third kappa shape index (κ3) is 4.06. The summed E-state index contributed by atoms with van der Waals surface area (Å²) in [6.07, 6.45) is 3.21. The van der Waals surface area contributed by atoms with Crippen LogP contribution in [-0.2, 0) is 14.9 Å². The van der Waals surface area contributed by atoms with Gasteiger partial charge >= 0.3 is 6.09 Å². The van der Waals surface area contributed by atoms with Crippen molar-refractivity contribution < 1.29 is 14.3 Å². The number of amides is 1. The third-order valence-corrected chi connectivity index (χ3v) is 9.44. The molecule has 3 unspecified atom stereocenters. The predicted octanol–water partition coefficient (Wildman–Crippen LogP) is 5.45. The highest BCUT2D eigenvalue weighted by atomic mass is 35.5. The Morgan fingerprint density at radius 2 is 2.06 bits per heavy atom. The summed E-state index contributed by atoms with van der Waals surface area (Å²) in [5.74, 6) is 1.49. The summed E-state index contributed by atoms with van der Waals surface area (Å²) in [6.45, 7) is 12.5. The van der Waals surface area contributed by atoms with E-state index in [4.69, 9.17) is 16.3 Å². The molecule has 8 heteroatoms. The first-order valence-corrected chi connectivity index (χ1v) is 13.4. The van der Waals surface area contributed by atoms with E-state index in [1.165, 1.54) is 12.7 Å². The molecule has 1 N–H and O–H groups in total. The summed E-state index contributed by atoms with van der Waals surface area (Å²) in [5.41, 5.74) is 4.29. The van der Waals surface area contributed by atoms with Crippen molar-refractivity contribution in [1.82, 2.24) is 10.2 Å². The first kappa shape index (κ1) is 24.3. The van der Waals surface area contributed by atoms with Crippen molar-refractivity contribution in [2.45, 2.75) is 43.9 Å². The number of nitrogens with one attached hydrogen (secondary N) is 1. The molecule has 4 aliphatic rings. The Labute approximate surface area is 216 Å². The number of carbonyl (C=O) groups excluding carboxylic acids is 2. The number of Topliss-reactive ketones (excluding diaryl/α,β-unsaturated/α-hetero) is 1. The average Bonchev–Trinajstić information content (AvgIpc) is 3.10. The number of ketones is 1. The molecule has 1 aromatic carbocycles. The zero-order valence-electron chi connectivity index (χ0n) is 20.7. The highest BCUT2D eigenvalue weighted by Crippen LogP contribution is 2.57. The molecular formula is C27H32ClN3O3S. The van der Waals surface area contributed by atoms with Crippen LogP contribution in [0.4, 0.5) is 10.5 Å². The number of thioether (sulfide) groups is 1. The molecule has 0 bridgehead atoms. The molecule has 1 saturated heterocycles. The molecule has 0 saturated carbocycles. The molecule has 0 radical (unpaired) electrons. The lowest BCUT2D eigenvalue weighted by molar-refractivity contribution is -0.122. The van der Waals surface area contributed by atoms with E-state index >= 15 is 0 Å². The number of rotatable bonds is 7. The number of likely N-dealkylation sites (tertiary alicyclic amines) is 1. The van der Waals surface area contributed by atoms with E-state index in [1.54, 1.807) is 16.7 Å². The molecule has 1 fully saturated rings. The van der Waals surface area contributed by atoms with Gasteiger partial charge in [0.1, 0.15) is 10.7 Å². The van der Waals surface area contributed by atoms with Crippen LogP contribution in [0.15, 0.2) is 53.2 Å². The SMILES string of the molecule is C=C(NC12C=C1C(CC(=O)C(C)C(C)C)=CS2)N1CC2(CCN(C(=O)OC)C2)c2cc(Cl)ccc21. The Bertz CT molecular complexity index is 1180. The monoisotopic (exact) mass is 513 g/mol. The van der Waals surface area contributed by atoms with Gasteiger partial charge in [0, 0.05) is 48.1 Å². The Morgan fingerprint density at radius 1 is 1.29 bits per heavy atom. The molecular weight excluding hydrogens is 482 g/mol. The lowest BCUT2D eigenvalue weighted by Crippen LogP contribution is -2.42. The van der Waals surface area contributed by atoms with Gasteiger partial charge in [-0.15, -0.1) is 0 Å². The van der Waals surface area contributed by atoms with E-state index in [9.17, 15) is 9.59 Å². The van der Waals surface area contributed by atoms with Crippen molar-refractivity contribution >= 4 is 40.9 Å². The second-order valence-electron chi connectivity index (χ2n) is 10.5. The van der Waals surface area contributed by atoms with Crippen LogP contribution in [-0.4, -0.2) is 48.4 Å². The summed E-state index contributed by atoms with van der Waals surface area (Å²) in [7, 11) is 1.42. The van der Waals surface area contributed by atoms with Gasteiger partial charge in [-0.05, 0) is 58.7 Å². The van der Waals surface area contributed by atoms with E-state index in [-0.39, 0.29) is 28.1 Å². The van der Waals surface area contributed by atoms with Crippen LogP contribution in [0.3, 0.4) is 0 Å². The molecule has 5 rings (SSSR count).